The first-order valence-electron chi connectivity index (χ1n) is 4.35. The molecule has 13 heavy (non-hydrogen) atoms. The molecule has 0 heterocycles. The average Bonchev–Trinajstić information content (AvgIpc) is 2.20. The van der Waals surface area contributed by atoms with E-state index in [0.717, 1.165) is 0 Å². The van der Waals surface area contributed by atoms with Crippen molar-refractivity contribution in [2.75, 3.05) is 7.11 Å². The first-order chi connectivity index (χ1) is 6.35. The molecule has 0 saturated heterocycles. The lowest BCUT2D eigenvalue weighted by Gasteiger charge is -1.93. The highest BCUT2D eigenvalue weighted by Gasteiger charge is 1.84. The van der Waals surface area contributed by atoms with Gasteiger partial charge in [0, 0.05) is 0 Å². The topological polar surface area (TPSA) is 26.3 Å². The van der Waals surface area contributed by atoms with Gasteiger partial charge in [-0.15, -0.1) is 0 Å². The standard InChI is InChI=1S/C9H12.C2H4O2/c1-2-6-9-7-4-3-5-8-9;1-4-2-3/h3-5,7-8H,2,6H2,1H3;2H,1H3. The Kier molecular flexibility index (Phi) is 7.90. The van der Waals surface area contributed by atoms with Gasteiger partial charge in [-0.25, -0.2) is 0 Å². The van der Waals surface area contributed by atoms with Gasteiger partial charge in [-0.2, -0.15) is 0 Å². The van der Waals surface area contributed by atoms with Gasteiger partial charge >= 0.3 is 0 Å². The van der Waals surface area contributed by atoms with Crippen LogP contribution < -0.4 is 0 Å². The molecule has 0 fully saturated rings. The van der Waals surface area contributed by atoms with Gasteiger partial charge in [-0.3, -0.25) is 4.79 Å². The molecule has 1 aromatic carbocycles. The third-order valence-electron chi connectivity index (χ3n) is 1.48. The van der Waals surface area contributed by atoms with Crippen LogP contribution >= 0.6 is 0 Å². The van der Waals surface area contributed by atoms with Crippen molar-refractivity contribution in [2.24, 2.45) is 0 Å². The van der Waals surface area contributed by atoms with Crippen molar-refractivity contribution < 1.29 is 9.53 Å². The number of carbonyl (C=O) groups excluding carboxylic acids is 1. The first-order valence-corrected chi connectivity index (χ1v) is 4.35. The maximum atomic E-state index is 8.95. The molecular formula is C11H16O2. The number of carbonyl (C=O) groups is 1. The van der Waals surface area contributed by atoms with Crippen molar-refractivity contribution in [1.29, 1.82) is 0 Å². The number of ether oxygens (including phenoxy) is 1. The maximum absolute atomic E-state index is 8.95. The minimum atomic E-state index is 0.375. The van der Waals surface area contributed by atoms with Gasteiger partial charge < -0.3 is 4.74 Å². The molecule has 0 bridgehead atoms. The van der Waals surface area contributed by atoms with Crippen LogP contribution in [0.15, 0.2) is 30.3 Å². The Morgan fingerprint density at radius 1 is 1.31 bits per heavy atom. The average molecular weight is 180 g/mol. The summed E-state index contributed by atoms with van der Waals surface area (Å²) in [6.45, 7) is 2.58. The Balaban J connectivity index is 0.000000310. The van der Waals surface area contributed by atoms with E-state index in [9.17, 15) is 0 Å². The molecule has 0 atom stereocenters. The summed E-state index contributed by atoms with van der Waals surface area (Å²) >= 11 is 0. The van der Waals surface area contributed by atoms with Crippen LogP contribution in [-0.4, -0.2) is 13.6 Å². The molecule has 2 nitrogen and oxygen atoms in total. The largest absolute Gasteiger partial charge is 0.471 e. The van der Waals surface area contributed by atoms with Gasteiger partial charge in [0.25, 0.3) is 6.47 Å². The van der Waals surface area contributed by atoms with Gasteiger partial charge in [-0.1, -0.05) is 43.7 Å². The lowest BCUT2D eigenvalue weighted by molar-refractivity contribution is -0.126. The van der Waals surface area contributed by atoms with E-state index in [-0.39, 0.29) is 0 Å². The molecule has 0 aliphatic rings. The zero-order chi connectivity index (χ0) is 9.94. The van der Waals surface area contributed by atoms with Gasteiger partial charge in [0.15, 0.2) is 0 Å². The van der Waals surface area contributed by atoms with E-state index in [4.69, 9.17) is 4.79 Å². The molecule has 1 aromatic rings. The van der Waals surface area contributed by atoms with Gasteiger partial charge in [0.05, 0.1) is 7.11 Å². The van der Waals surface area contributed by atoms with E-state index in [1.165, 1.54) is 25.5 Å². The molecule has 0 aliphatic heterocycles. The quantitative estimate of drug-likeness (QED) is 0.668. The van der Waals surface area contributed by atoms with E-state index in [2.05, 4.69) is 42.0 Å². The van der Waals surface area contributed by atoms with Crippen LogP contribution in [0.1, 0.15) is 18.9 Å². The van der Waals surface area contributed by atoms with Crippen molar-refractivity contribution >= 4 is 6.47 Å². The minimum Gasteiger partial charge on any atom is -0.471 e. The fourth-order valence-electron chi connectivity index (χ4n) is 0.933. The number of aryl methyl sites for hydroxylation is 1. The van der Waals surface area contributed by atoms with E-state index < -0.39 is 0 Å². The highest BCUT2D eigenvalue weighted by Crippen LogP contribution is 2.00. The molecule has 0 aliphatic carbocycles. The van der Waals surface area contributed by atoms with Crippen LogP contribution in [-0.2, 0) is 16.0 Å². The SMILES string of the molecule is CCCc1ccccc1.COC=O. The number of methoxy groups -OCH3 is 1. The molecule has 72 valence electrons. The Bertz CT molecular complexity index is 207. The van der Waals surface area contributed by atoms with Crippen LogP contribution in [0.3, 0.4) is 0 Å². The van der Waals surface area contributed by atoms with Crippen molar-refractivity contribution in [3.8, 4) is 0 Å². The molecule has 1 rings (SSSR count). The molecule has 2 heteroatoms. The summed E-state index contributed by atoms with van der Waals surface area (Å²) in [6.07, 6.45) is 2.45. The van der Waals surface area contributed by atoms with Gasteiger partial charge in [-0.05, 0) is 12.0 Å². The van der Waals surface area contributed by atoms with Gasteiger partial charge in [0.1, 0.15) is 0 Å². The predicted molar refractivity (Wildman–Crippen MR) is 53.5 cm³/mol. The molecule has 0 amide bonds. The summed E-state index contributed by atoms with van der Waals surface area (Å²) < 4.78 is 3.86. The molecule has 0 spiro atoms. The Morgan fingerprint density at radius 2 is 1.85 bits per heavy atom. The van der Waals surface area contributed by atoms with E-state index in [1.807, 2.05) is 0 Å². The minimum absolute atomic E-state index is 0.375. The van der Waals surface area contributed by atoms with Crippen molar-refractivity contribution in [3.63, 3.8) is 0 Å². The summed E-state index contributed by atoms with van der Waals surface area (Å²) in [5.74, 6) is 0. The van der Waals surface area contributed by atoms with Crippen LogP contribution in [0.5, 0.6) is 0 Å². The third kappa shape index (κ3) is 7.06. The summed E-state index contributed by atoms with van der Waals surface area (Å²) in [7, 11) is 1.31. The Labute approximate surface area is 79.5 Å². The van der Waals surface area contributed by atoms with Crippen molar-refractivity contribution in [1.82, 2.24) is 0 Å². The monoisotopic (exact) mass is 180 g/mol. The van der Waals surface area contributed by atoms with E-state index in [1.54, 1.807) is 0 Å². The maximum Gasteiger partial charge on any atom is 0.292 e. The summed E-state index contributed by atoms with van der Waals surface area (Å²) in [6, 6.07) is 10.6. The molecule has 0 radical (unpaired) electrons. The summed E-state index contributed by atoms with van der Waals surface area (Å²) in [5, 5.41) is 0. The smallest absolute Gasteiger partial charge is 0.292 e. The van der Waals surface area contributed by atoms with Gasteiger partial charge in [0.2, 0.25) is 0 Å². The van der Waals surface area contributed by atoms with Crippen molar-refractivity contribution in [2.45, 2.75) is 19.8 Å². The highest BCUT2D eigenvalue weighted by atomic mass is 16.5. The zero-order valence-electron chi connectivity index (χ0n) is 8.19. The first kappa shape index (κ1) is 11.7. The lowest BCUT2D eigenvalue weighted by atomic mass is 10.1. The lowest BCUT2D eigenvalue weighted by Crippen LogP contribution is -1.78. The Hall–Kier alpha value is -1.31. The summed E-state index contributed by atoms with van der Waals surface area (Å²) in [5.41, 5.74) is 1.44. The normalized spacial score (nSPS) is 8.15. The van der Waals surface area contributed by atoms with E-state index >= 15 is 0 Å². The second-order valence-electron chi connectivity index (χ2n) is 2.57. The molecular weight excluding hydrogens is 164 g/mol. The Morgan fingerprint density at radius 3 is 2.23 bits per heavy atom. The van der Waals surface area contributed by atoms with Crippen molar-refractivity contribution in [3.05, 3.63) is 35.9 Å². The van der Waals surface area contributed by atoms with Crippen LogP contribution in [0.4, 0.5) is 0 Å². The zero-order valence-corrected chi connectivity index (χ0v) is 8.19. The van der Waals surface area contributed by atoms with E-state index in [0.29, 0.717) is 6.47 Å². The fourth-order valence-corrected chi connectivity index (χ4v) is 0.933. The van der Waals surface area contributed by atoms with Crippen LogP contribution in [0.25, 0.3) is 0 Å². The number of rotatable bonds is 3. The van der Waals surface area contributed by atoms with Crippen LogP contribution in [0.2, 0.25) is 0 Å². The second-order valence-corrected chi connectivity index (χ2v) is 2.57. The molecule has 0 N–H and O–H groups in total. The molecule has 0 aromatic heterocycles. The number of hydrogen-bond donors (Lipinski definition) is 0. The predicted octanol–water partition coefficient (Wildman–Crippen LogP) is 2.43. The number of benzene rings is 1. The highest BCUT2D eigenvalue weighted by molar-refractivity contribution is 5.36. The fraction of sp³-hybridized carbons (Fsp3) is 0.364. The van der Waals surface area contributed by atoms with Crippen LogP contribution in [0, 0.1) is 0 Å². The number of hydrogen-bond acceptors (Lipinski definition) is 2. The molecule has 0 unspecified atom stereocenters. The second kappa shape index (κ2) is 8.78. The summed E-state index contributed by atoms with van der Waals surface area (Å²) in [4.78, 5) is 8.95. The third-order valence-corrected chi connectivity index (χ3v) is 1.48. The molecule has 0 saturated carbocycles.